The number of sulfonamides is 1. The zero-order chi connectivity index (χ0) is 25.4. The van der Waals surface area contributed by atoms with Crippen LogP contribution in [-0.4, -0.2) is 39.7 Å². The fourth-order valence-corrected chi connectivity index (χ4v) is 5.02. The first kappa shape index (κ1) is 26.1. The van der Waals surface area contributed by atoms with Crippen molar-refractivity contribution in [2.45, 2.75) is 33.4 Å². The number of carbonyl (C=O) groups excluding carboxylic acids is 1. The van der Waals surface area contributed by atoms with Gasteiger partial charge in [0.25, 0.3) is 0 Å². The summed E-state index contributed by atoms with van der Waals surface area (Å²) in [5.74, 6) is 0.865. The molecule has 0 heterocycles. The Balaban J connectivity index is 1.68. The van der Waals surface area contributed by atoms with E-state index in [1.165, 1.54) is 0 Å². The Bertz CT molecular complexity index is 1190. The summed E-state index contributed by atoms with van der Waals surface area (Å²) in [6.45, 7) is 7.94. The molecular formula is C27H33N3O4S. The Morgan fingerprint density at radius 3 is 1.94 bits per heavy atom. The van der Waals surface area contributed by atoms with Gasteiger partial charge in [-0.2, -0.15) is 0 Å². The van der Waals surface area contributed by atoms with Crippen LogP contribution in [0, 0.1) is 0 Å². The van der Waals surface area contributed by atoms with Crippen LogP contribution >= 0.6 is 0 Å². The summed E-state index contributed by atoms with van der Waals surface area (Å²) in [6, 6.07) is 23.0. The van der Waals surface area contributed by atoms with Crippen LogP contribution in [0.15, 0.2) is 78.9 Å². The monoisotopic (exact) mass is 495 g/mol. The average molecular weight is 496 g/mol. The molecule has 186 valence electrons. The second-order valence-corrected chi connectivity index (χ2v) is 10.1. The molecule has 0 spiro atoms. The van der Waals surface area contributed by atoms with Gasteiger partial charge in [-0.3, -0.25) is 9.10 Å². The SMILES string of the molecule is CCN(CC)c1ccc(CNC(=O)[C@H](C)N(c2ccc(Oc3ccccc3)cc2)S(C)(=O)=O)cc1. The molecule has 0 aliphatic rings. The second-order valence-electron chi connectivity index (χ2n) is 8.20. The second kappa shape index (κ2) is 11.8. The van der Waals surface area contributed by atoms with Gasteiger partial charge in [0.1, 0.15) is 17.5 Å². The molecule has 0 aromatic heterocycles. The number of hydrogen-bond acceptors (Lipinski definition) is 5. The molecule has 8 heteroatoms. The summed E-state index contributed by atoms with van der Waals surface area (Å²) in [5.41, 5.74) is 2.45. The zero-order valence-corrected chi connectivity index (χ0v) is 21.5. The van der Waals surface area contributed by atoms with Crippen LogP contribution in [0.3, 0.4) is 0 Å². The highest BCUT2D eigenvalue weighted by Crippen LogP contribution is 2.27. The highest BCUT2D eigenvalue weighted by molar-refractivity contribution is 7.92. The minimum absolute atomic E-state index is 0.309. The van der Waals surface area contributed by atoms with E-state index in [-0.39, 0.29) is 5.91 Å². The number of rotatable bonds is 11. The predicted molar refractivity (Wildman–Crippen MR) is 142 cm³/mol. The highest BCUT2D eigenvalue weighted by Gasteiger charge is 2.29. The van der Waals surface area contributed by atoms with Crippen molar-refractivity contribution < 1.29 is 17.9 Å². The molecule has 0 unspecified atom stereocenters. The standard InChI is InChI=1S/C27H33N3O4S/c1-5-29(6-2)23-14-12-22(13-15-23)20-28-27(31)21(3)30(35(4,32)33)24-16-18-26(19-17-24)34-25-10-8-7-9-11-25/h7-19,21H,5-6,20H2,1-4H3,(H,28,31)/t21-/m0/s1. The zero-order valence-electron chi connectivity index (χ0n) is 20.6. The lowest BCUT2D eigenvalue weighted by atomic mass is 10.2. The van der Waals surface area contributed by atoms with Crippen LogP contribution < -0.4 is 19.3 Å². The van der Waals surface area contributed by atoms with Gasteiger partial charge in [0.2, 0.25) is 15.9 Å². The lowest BCUT2D eigenvalue weighted by Gasteiger charge is -2.28. The van der Waals surface area contributed by atoms with Crippen LogP contribution in [0.5, 0.6) is 11.5 Å². The van der Waals surface area contributed by atoms with Crippen molar-refractivity contribution in [2.24, 2.45) is 0 Å². The highest BCUT2D eigenvalue weighted by atomic mass is 32.2. The van der Waals surface area contributed by atoms with Gasteiger partial charge < -0.3 is 15.0 Å². The average Bonchev–Trinajstić information content (AvgIpc) is 2.85. The van der Waals surface area contributed by atoms with E-state index in [9.17, 15) is 13.2 Å². The Labute approximate surface area is 208 Å². The van der Waals surface area contributed by atoms with Crippen LogP contribution in [0.4, 0.5) is 11.4 Å². The number of hydrogen-bond donors (Lipinski definition) is 1. The summed E-state index contributed by atoms with van der Waals surface area (Å²) in [7, 11) is -3.71. The van der Waals surface area contributed by atoms with E-state index in [4.69, 9.17) is 4.74 Å². The van der Waals surface area contributed by atoms with Gasteiger partial charge in [-0.1, -0.05) is 30.3 Å². The number of nitrogens with one attached hydrogen (secondary N) is 1. The van der Waals surface area contributed by atoms with Gasteiger partial charge in [-0.25, -0.2) is 8.42 Å². The van der Waals surface area contributed by atoms with E-state index in [2.05, 4.69) is 24.1 Å². The molecular weight excluding hydrogens is 462 g/mol. The first-order valence-electron chi connectivity index (χ1n) is 11.7. The number of anilines is 2. The van der Waals surface area contributed by atoms with E-state index in [0.717, 1.165) is 34.9 Å². The first-order chi connectivity index (χ1) is 16.7. The van der Waals surface area contributed by atoms with Gasteiger partial charge in [0.05, 0.1) is 11.9 Å². The van der Waals surface area contributed by atoms with E-state index < -0.39 is 16.1 Å². The molecule has 0 radical (unpaired) electrons. The molecule has 1 N–H and O–H groups in total. The largest absolute Gasteiger partial charge is 0.457 e. The minimum atomic E-state index is -3.71. The normalized spacial score (nSPS) is 12.0. The number of para-hydroxylation sites is 1. The van der Waals surface area contributed by atoms with Gasteiger partial charge in [-0.15, -0.1) is 0 Å². The summed E-state index contributed by atoms with van der Waals surface area (Å²) in [6.07, 6.45) is 1.09. The quantitative estimate of drug-likeness (QED) is 0.414. The predicted octanol–water partition coefficient (Wildman–Crippen LogP) is 4.80. The number of nitrogens with zero attached hydrogens (tertiary/aromatic N) is 2. The molecule has 7 nitrogen and oxygen atoms in total. The smallest absolute Gasteiger partial charge is 0.243 e. The fourth-order valence-electron chi connectivity index (χ4n) is 3.84. The summed E-state index contributed by atoms with van der Waals surface area (Å²) in [5, 5.41) is 2.86. The van der Waals surface area contributed by atoms with Crippen molar-refractivity contribution in [3.8, 4) is 11.5 Å². The molecule has 35 heavy (non-hydrogen) atoms. The van der Waals surface area contributed by atoms with E-state index in [1.54, 1.807) is 31.2 Å². The van der Waals surface area contributed by atoms with E-state index >= 15 is 0 Å². The molecule has 3 aromatic carbocycles. The maximum atomic E-state index is 12.9. The van der Waals surface area contributed by atoms with Crippen LogP contribution in [0.1, 0.15) is 26.3 Å². The fraction of sp³-hybridized carbons (Fsp3) is 0.296. The first-order valence-corrected chi connectivity index (χ1v) is 13.5. The molecule has 1 atom stereocenters. The number of ether oxygens (including phenoxy) is 1. The Kier molecular flexibility index (Phi) is 8.76. The molecule has 3 rings (SSSR count). The summed E-state index contributed by atoms with van der Waals surface area (Å²) in [4.78, 5) is 15.1. The van der Waals surface area contributed by atoms with Crippen molar-refractivity contribution in [3.63, 3.8) is 0 Å². The Morgan fingerprint density at radius 2 is 1.40 bits per heavy atom. The molecule has 0 fully saturated rings. The van der Waals surface area contributed by atoms with Gasteiger partial charge in [0, 0.05) is 25.3 Å². The van der Waals surface area contributed by atoms with Crippen molar-refractivity contribution in [1.29, 1.82) is 0 Å². The third-order valence-electron chi connectivity index (χ3n) is 5.69. The van der Waals surface area contributed by atoms with Gasteiger partial charge in [0.15, 0.2) is 0 Å². The number of benzene rings is 3. The Morgan fingerprint density at radius 1 is 0.857 bits per heavy atom. The topological polar surface area (TPSA) is 79.0 Å². The van der Waals surface area contributed by atoms with Crippen molar-refractivity contribution in [1.82, 2.24) is 5.32 Å². The lowest BCUT2D eigenvalue weighted by Crippen LogP contribution is -2.47. The van der Waals surface area contributed by atoms with Crippen molar-refractivity contribution in [3.05, 3.63) is 84.4 Å². The van der Waals surface area contributed by atoms with Gasteiger partial charge >= 0.3 is 0 Å². The maximum absolute atomic E-state index is 12.9. The maximum Gasteiger partial charge on any atom is 0.243 e. The van der Waals surface area contributed by atoms with Crippen LogP contribution in [0.2, 0.25) is 0 Å². The van der Waals surface area contributed by atoms with E-state index in [0.29, 0.717) is 23.7 Å². The number of amides is 1. The molecule has 0 saturated heterocycles. The molecule has 0 saturated carbocycles. The summed E-state index contributed by atoms with van der Waals surface area (Å²) < 4.78 is 32.1. The van der Waals surface area contributed by atoms with Crippen molar-refractivity contribution in [2.75, 3.05) is 28.6 Å². The molecule has 0 aliphatic heterocycles. The van der Waals surface area contributed by atoms with Gasteiger partial charge in [-0.05, 0) is 74.9 Å². The van der Waals surface area contributed by atoms with Crippen molar-refractivity contribution >= 4 is 27.3 Å². The molecule has 0 bridgehead atoms. The lowest BCUT2D eigenvalue weighted by molar-refractivity contribution is -0.122. The van der Waals surface area contributed by atoms with E-state index in [1.807, 2.05) is 54.6 Å². The molecule has 0 aliphatic carbocycles. The minimum Gasteiger partial charge on any atom is -0.457 e. The summed E-state index contributed by atoms with van der Waals surface area (Å²) >= 11 is 0. The third-order valence-corrected chi connectivity index (χ3v) is 6.93. The molecule has 1 amide bonds. The molecule has 3 aromatic rings. The Hall–Kier alpha value is -3.52. The third kappa shape index (κ3) is 6.99. The van der Waals surface area contributed by atoms with Crippen LogP contribution in [0.25, 0.3) is 0 Å². The van der Waals surface area contributed by atoms with Crippen LogP contribution in [-0.2, 0) is 21.4 Å². The number of carbonyl (C=O) groups is 1.